The van der Waals surface area contributed by atoms with Crippen LogP contribution in [0.25, 0.3) is 16.8 Å². The molecule has 184 valence electrons. The molecule has 4 aromatic carbocycles. The number of carbonyl (C=O) groups is 2. The van der Waals surface area contributed by atoms with Crippen molar-refractivity contribution in [2.75, 3.05) is 6.61 Å². The maximum Gasteiger partial charge on any atom is 0.340 e. The van der Waals surface area contributed by atoms with Crippen LogP contribution in [-0.4, -0.2) is 18.5 Å². The van der Waals surface area contributed by atoms with Crippen LogP contribution in [0, 0.1) is 0 Å². The molecular weight excluding hydrogens is 486 g/mol. The van der Waals surface area contributed by atoms with Gasteiger partial charge in [0, 0.05) is 16.7 Å². The molecule has 4 aromatic rings. The Kier molecular flexibility index (Phi) is 7.06. The van der Waals surface area contributed by atoms with Crippen molar-refractivity contribution >= 4 is 40.3 Å². The van der Waals surface area contributed by atoms with E-state index in [1.54, 1.807) is 25.1 Å². The standard InChI is InChI=1S/C31H24ClNO4/c1-2-36-31(35)29-27(22-12-4-3-5-13-22)28-23-14-8-6-10-20(23)16-18-25(28)37-30(29)33-26(34)19-17-21-11-7-9-15-24(21)32/h3-19,27H,2H2,1H3,(H,33,34)/b19-17+. The van der Waals surface area contributed by atoms with Crippen LogP contribution in [-0.2, 0) is 14.3 Å². The summed E-state index contributed by atoms with van der Waals surface area (Å²) in [6.45, 7) is 1.92. The van der Waals surface area contributed by atoms with Crippen molar-refractivity contribution in [2.24, 2.45) is 0 Å². The number of hydrogen-bond donors (Lipinski definition) is 1. The second-order valence-corrected chi connectivity index (χ2v) is 8.86. The van der Waals surface area contributed by atoms with Crippen molar-refractivity contribution in [1.29, 1.82) is 0 Å². The molecule has 0 bridgehead atoms. The van der Waals surface area contributed by atoms with E-state index in [9.17, 15) is 9.59 Å². The SMILES string of the molecule is CCOC(=O)C1=C(NC(=O)/C=C/c2ccccc2Cl)Oc2ccc3ccccc3c2C1c1ccccc1. The number of rotatable bonds is 6. The fraction of sp³-hybridized carbons (Fsp3) is 0.0968. The van der Waals surface area contributed by atoms with Crippen LogP contribution in [0.2, 0.25) is 5.02 Å². The Labute approximate surface area is 220 Å². The smallest absolute Gasteiger partial charge is 0.340 e. The molecule has 5 nitrogen and oxygen atoms in total. The topological polar surface area (TPSA) is 64.6 Å². The lowest BCUT2D eigenvalue weighted by molar-refractivity contribution is -0.139. The van der Waals surface area contributed by atoms with E-state index in [4.69, 9.17) is 21.1 Å². The Morgan fingerprint density at radius 1 is 0.946 bits per heavy atom. The third-order valence-electron chi connectivity index (χ3n) is 6.15. The normalized spacial score (nSPS) is 14.8. The van der Waals surface area contributed by atoms with Crippen LogP contribution in [0.15, 0.2) is 109 Å². The molecule has 5 rings (SSSR count). The number of hydrogen-bond acceptors (Lipinski definition) is 4. The summed E-state index contributed by atoms with van der Waals surface area (Å²) in [5.74, 6) is -0.930. The molecule has 0 spiro atoms. The van der Waals surface area contributed by atoms with Gasteiger partial charge in [0.05, 0.1) is 12.5 Å². The number of esters is 1. The molecular formula is C31H24ClNO4. The second-order valence-electron chi connectivity index (χ2n) is 8.45. The van der Waals surface area contributed by atoms with Crippen LogP contribution >= 0.6 is 11.6 Å². The fourth-order valence-corrected chi connectivity index (χ4v) is 4.72. The Hall–Kier alpha value is -4.35. The molecule has 1 heterocycles. The first kappa shape index (κ1) is 24.3. The van der Waals surface area contributed by atoms with Crippen molar-refractivity contribution < 1.29 is 19.1 Å². The summed E-state index contributed by atoms with van der Waals surface area (Å²) >= 11 is 6.21. The molecule has 1 aliphatic heterocycles. The molecule has 0 fully saturated rings. The van der Waals surface area contributed by atoms with E-state index in [1.807, 2.05) is 78.9 Å². The van der Waals surface area contributed by atoms with Crippen molar-refractivity contribution in [3.05, 3.63) is 130 Å². The molecule has 1 aliphatic rings. The van der Waals surface area contributed by atoms with Gasteiger partial charge in [-0.1, -0.05) is 90.5 Å². The van der Waals surface area contributed by atoms with E-state index in [0.29, 0.717) is 16.3 Å². The molecule has 37 heavy (non-hydrogen) atoms. The first-order valence-electron chi connectivity index (χ1n) is 12.0. The number of carbonyl (C=O) groups excluding carboxylic acids is 2. The average Bonchev–Trinajstić information content (AvgIpc) is 2.92. The van der Waals surface area contributed by atoms with Crippen LogP contribution in [0.4, 0.5) is 0 Å². The Morgan fingerprint density at radius 3 is 2.46 bits per heavy atom. The zero-order chi connectivity index (χ0) is 25.8. The predicted molar refractivity (Wildman–Crippen MR) is 145 cm³/mol. The zero-order valence-corrected chi connectivity index (χ0v) is 20.9. The molecule has 0 aliphatic carbocycles. The van der Waals surface area contributed by atoms with E-state index < -0.39 is 17.8 Å². The molecule has 1 amide bonds. The second kappa shape index (κ2) is 10.7. The van der Waals surface area contributed by atoms with Crippen LogP contribution in [0.5, 0.6) is 5.75 Å². The average molecular weight is 510 g/mol. The lowest BCUT2D eigenvalue weighted by Crippen LogP contribution is -2.33. The minimum atomic E-state index is -0.555. The number of fused-ring (bicyclic) bond motifs is 3. The third kappa shape index (κ3) is 4.99. The highest BCUT2D eigenvalue weighted by molar-refractivity contribution is 6.32. The van der Waals surface area contributed by atoms with Crippen LogP contribution in [0.3, 0.4) is 0 Å². The van der Waals surface area contributed by atoms with Gasteiger partial charge in [0.25, 0.3) is 5.91 Å². The van der Waals surface area contributed by atoms with Gasteiger partial charge >= 0.3 is 5.97 Å². The van der Waals surface area contributed by atoms with Gasteiger partial charge in [-0.05, 0) is 47.0 Å². The van der Waals surface area contributed by atoms with Gasteiger partial charge in [-0.3, -0.25) is 10.1 Å². The van der Waals surface area contributed by atoms with Crippen molar-refractivity contribution in [3.63, 3.8) is 0 Å². The van der Waals surface area contributed by atoms with Crippen molar-refractivity contribution in [2.45, 2.75) is 12.8 Å². The van der Waals surface area contributed by atoms with E-state index in [-0.39, 0.29) is 18.1 Å². The first-order valence-corrected chi connectivity index (χ1v) is 12.3. The summed E-state index contributed by atoms with van der Waals surface area (Å²) in [5, 5.41) is 5.28. The number of halogens is 1. The van der Waals surface area contributed by atoms with Gasteiger partial charge < -0.3 is 9.47 Å². The zero-order valence-electron chi connectivity index (χ0n) is 20.1. The minimum absolute atomic E-state index is 0.0453. The molecule has 0 radical (unpaired) electrons. The molecule has 0 aromatic heterocycles. The van der Waals surface area contributed by atoms with Crippen molar-refractivity contribution in [3.8, 4) is 5.75 Å². The quantitative estimate of drug-likeness (QED) is 0.234. The summed E-state index contributed by atoms with van der Waals surface area (Å²) in [4.78, 5) is 26.4. The van der Waals surface area contributed by atoms with Gasteiger partial charge in [0.1, 0.15) is 11.3 Å². The van der Waals surface area contributed by atoms with Crippen LogP contribution < -0.4 is 10.1 Å². The first-order chi connectivity index (χ1) is 18.1. The van der Waals surface area contributed by atoms with Crippen LogP contribution in [0.1, 0.15) is 29.5 Å². The van der Waals surface area contributed by atoms with Gasteiger partial charge in [-0.25, -0.2) is 4.79 Å². The van der Waals surface area contributed by atoms with E-state index in [1.165, 1.54) is 6.08 Å². The Bertz CT molecular complexity index is 1540. The van der Waals surface area contributed by atoms with E-state index >= 15 is 0 Å². The summed E-state index contributed by atoms with van der Waals surface area (Å²) in [7, 11) is 0. The van der Waals surface area contributed by atoms with Gasteiger partial charge in [0.15, 0.2) is 0 Å². The molecule has 1 N–H and O–H groups in total. The largest absolute Gasteiger partial charge is 0.462 e. The minimum Gasteiger partial charge on any atom is -0.462 e. The predicted octanol–water partition coefficient (Wildman–Crippen LogP) is 6.62. The number of benzene rings is 4. The highest BCUT2D eigenvalue weighted by Crippen LogP contribution is 2.46. The van der Waals surface area contributed by atoms with Gasteiger partial charge in [-0.15, -0.1) is 0 Å². The maximum atomic E-state index is 13.4. The summed E-state index contributed by atoms with van der Waals surface area (Å²) < 4.78 is 11.7. The summed E-state index contributed by atoms with van der Waals surface area (Å²) in [6.07, 6.45) is 2.97. The van der Waals surface area contributed by atoms with E-state index in [2.05, 4.69) is 5.32 Å². The number of amides is 1. The third-order valence-corrected chi connectivity index (χ3v) is 6.49. The number of ether oxygens (including phenoxy) is 2. The lowest BCUT2D eigenvalue weighted by Gasteiger charge is -2.31. The highest BCUT2D eigenvalue weighted by Gasteiger charge is 2.38. The Balaban J connectivity index is 1.63. The lowest BCUT2D eigenvalue weighted by atomic mass is 9.80. The molecule has 1 unspecified atom stereocenters. The number of nitrogens with one attached hydrogen (secondary N) is 1. The Morgan fingerprint density at radius 2 is 1.68 bits per heavy atom. The molecule has 0 saturated carbocycles. The fourth-order valence-electron chi connectivity index (χ4n) is 4.52. The summed E-state index contributed by atoms with van der Waals surface area (Å²) in [5.41, 5.74) is 2.65. The summed E-state index contributed by atoms with van der Waals surface area (Å²) in [6, 6.07) is 28.6. The molecule has 1 atom stereocenters. The highest BCUT2D eigenvalue weighted by atomic mass is 35.5. The van der Waals surface area contributed by atoms with E-state index in [0.717, 1.165) is 21.9 Å². The maximum absolute atomic E-state index is 13.4. The molecule has 0 saturated heterocycles. The van der Waals surface area contributed by atoms with Gasteiger partial charge in [-0.2, -0.15) is 0 Å². The molecule has 6 heteroatoms. The van der Waals surface area contributed by atoms with Crippen molar-refractivity contribution in [1.82, 2.24) is 5.32 Å². The van der Waals surface area contributed by atoms with Gasteiger partial charge in [0.2, 0.25) is 5.88 Å². The monoisotopic (exact) mass is 509 g/mol.